The molecular weight excluding hydrogens is 190 g/mol. The van der Waals surface area contributed by atoms with Gasteiger partial charge in [0.25, 0.3) is 0 Å². The smallest absolute Gasteiger partial charge is 0.192 e. The fraction of sp³-hybridized carbons (Fsp3) is 0.455. The van der Waals surface area contributed by atoms with Crippen molar-refractivity contribution in [1.29, 1.82) is 0 Å². The quantitative estimate of drug-likeness (QED) is 0.709. The third-order valence-electron chi connectivity index (χ3n) is 2.43. The van der Waals surface area contributed by atoms with Gasteiger partial charge in [0.1, 0.15) is 0 Å². The summed E-state index contributed by atoms with van der Waals surface area (Å²) in [5.74, 6) is 0. The van der Waals surface area contributed by atoms with E-state index < -0.39 is 0 Å². The molecule has 80 valence electrons. The Labute approximate surface area is 87.9 Å². The Kier molecular flexibility index (Phi) is 1.96. The lowest BCUT2D eigenvalue weighted by molar-refractivity contribution is 0.570. The predicted octanol–water partition coefficient (Wildman–Crippen LogP) is 1.56. The molecule has 0 amide bonds. The van der Waals surface area contributed by atoms with Crippen molar-refractivity contribution in [2.45, 2.75) is 26.2 Å². The highest BCUT2D eigenvalue weighted by atomic mass is 16.1. The Morgan fingerprint density at radius 1 is 1.40 bits per heavy atom. The molecule has 15 heavy (non-hydrogen) atoms. The van der Waals surface area contributed by atoms with Crippen molar-refractivity contribution in [3.63, 3.8) is 0 Å². The van der Waals surface area contributed by atoms with Crippen LogP contribution in [-0.2, 0) is 12.5 Å². The van der Waals surface area contributed by atoms with Crippen LogP contribution in [0, 0.1) is 0 Å². The highest BCUT2D eigenvalue weighted by molar-refractivity contribution is 5.73. The molecule has 0 bridgehead atoms. The molecule has 2 aromatic heterocycles. The molecule has 2 heterocycles. The summed E-state index contributed by atoms with van der Waals surface area (Å²) in [4.78, 5) is 15.0. The summed E-state index contributed by atoms with van der Waals surface area (Å²) in [7, 11) is 1.81. The SMILES string of the molecule is Cn1cc2c(=O)cc(C(C)(C)C)[nH]c2n1. The highest BCUT2D eigenvalue weighted by Crippen LogP contribution is 2.19. The van der Waals surface area contributed by atoms with E-state index >= 15 is 0 Å². The van der Waals surface area contributed by atoms with Crippen LogP contribution in [0.5, 0.6) is 0 Å². The summed E-state index contributed by atoms with van der Waals surface area (Å²) in [6.45, 7) is 6.19. The first kappa shape index (κ1) is 9.96. The number of aromatic nitrogens is 3. The maximum absolute atomic E-state index is 11.8. The minimum atomic E-state index is -0.0646. The number of hydrogen-bond donors (Lipinski definition) is 1. The summed E-state index contributed by atoms with van der Waals surface area (Å²) < 4.78 is 1.65. The lowest BCUT2D eigenvalue weighted by atomic mass is 9.91. The van der Waals surface area contributed by atoms with Crippen LogP contribution in [0.4, 0.5) is 0 Å². The molecule has 0 saturated carbocycles. The monoisotopic (exact) mass is 205 g/mol. The van der Waals surface area contributed by atoms with Gasteiger partial charge in [-0.1, -0.05) is 20.8 Å². The van der Waals surface area contributed by atoms with E-state index in [1.165, 1.54) is 0 Å². The molecule has 0 aliphatic heterocycles. The Morgan fingerprint density at radius 3 is 2.67 bits per heavy atom. The van der Waals surface area contributed by atoms with Crippen LogP contribution in [0.15, 0.2) is 17.1 Å². The van der Waals surface area contributed by atoms with Crippen LogP contribution in [0.3, 0.4) is 0 Å². The number of nitrogens with zero attached hydrogens (tertiary/aromatic N) is 2. The third-order valence-corrected chi connectivity index (χ3v) is 2.43. The van der Waals surface area contributed by atoms with E-state index in [-0.39, 0.29) is 10.8 Å². The average Bonchev–Trinajstić information content (AvgIpc) is 2.44. The van der Waals surface area contributed by atoms with Gasteiger partial charge in [-0.15, -0.1) is 0 Å². The summed E-state index contributed by atoms with van der Waals surface area (Å²) >= 11 is 0. The molecule has 0 unspecified atom stereocenters. The number of rotatable bonds is 0. The average molecular weight is 205 g/mol. The van der Waals surface area contributed by atoms with Crippen molar-refractivity contribution in [2.24, 2.45) is 7.05 Å². The Morgan fingerprint density at radius 2 is 2.07 bits per heavy atom. The molecule has 2 aromatic rings. The fourth-order valence-corrected chi connectivity index (χ4v) is 1.54. The number of hydrogen-bond acceptors (Lipinski definition) is 2. The second-order valence-corrected chi connectivity index (χ2v) is 4.86. The number of aromatic amines is 1. The number of aryl methyl sites for hydroxylation is 1. The first-order valence-electron chi connectivity index (χ1n) is 4.95. The number of H-pyrrole nitrogens is 1. The molecular formula is C11H15N3O. The van der Waals surface area contributed by atoms with Gasteiger partial charge in [-0.05, 0) is 0 Å². The number of pyridine rings is 1. The Hall–Kier alpha value is -1.58. The van der Waals surface area contributed by atoms with Crippen LogP contribution >= 0.6 is 0 Å². The highest BCUT2D eigenvalue weighted by Gasteiger charge is 2.16. The molecule has 0 spiro atoms. The molecule has 0 aliphatic carbocycles. The molecule has 0 fully saturated rings. The van der Waals surface area contributed by atoms with Crippen molar-refractivity contribution < 1.29 is 0 Å². The van der Waals surface area contributed by atoms with Gasteiger partial charge < -0.3 is 4.98 Å². The van der Waals surface area contributed by atoms with Gasteiger partial charge in [-0.3, -0.25) is 9.48 Å². The molecule has 0 atom stereocenters. The zero-order valence-electron chi connectivity index (χ0n) is 9.46. The maximum atomic E-state index is 11.8. The zero-order valence-corrected chi connectivity index (χ0v) is 9.46. The largest absolute Gasteiger partial charge is 0.341 e. The predicted molar refractivity (Wildman–Crippen MR) is 60.0 cm³/mol. The summed E-state index contributed by atoms with van der Waals surface area (Å²) in [5, 5.41) is 4.85. The minimum Gasteiger partial charge on any atom is -0.341 e. The van der Waals surface area contributed by atoms with Crippen molar-refractivity contribution in [2.75, 3.05) is 0 Å². The van der Waals surface area contributed by atoms with Crippen LogP contribution < -0.4 is 5.43 Å². The summed E-state index contributed by atoms with van der Waals surface area (Å²) in [6, 6.07) is 1.66. The lowest BCUT2D eigenvalue weighted by Crippen LogP contribution is -2.17. The molecule has 0 aromatic carbocycles. The van der Waals surface area contributed by atoms with Crippen LogP contribution in [-0.4, -0.2) is 14.8 Å². The van der Waals surface area contributed by atoms with Gasteiger partial charge in [0.05, 0.1) is 5.39 Å². The lowest BCUT2D eigenvalue weighted by Gasteiger charge is -2.17. The Bertz CT molecular complexity index is 557. The van der Waals surface area contributed by atoms with Crippen molar-refractivity contribution in [1.82, 2.24) is 14.8 Å². The van der Waals surface area contributed by atoms with Gasteiger partial charge >= 0.3 is 0 Å². The standard InChI is InChI=1S/C11H15N3O/c1-11(2,3)9-5-8(15)7-6-14(4)13-10(7)12-9/h5-6H,1-4H3,(H,12,13). The molecule has 4 heteroatoms. The zero-order chi connectivity index (χ0) is 11.2. The fourth-order valence-electron chi connectivity index (χ4n) is 1.54. The van der Waals surface area contributed by atoms with Gasteiger partial charge in [-0.2, -0.15) is 5.10 Å². The summed E-state index contributed by atoms with van der Waals surface area (Å²) in [6.07, 6.45) is 1.74. The molecule has 4 nitrogen and oxygen atoms in total. The third kappa shape index (κ3) is 1.67. The number of fused-ring (bicyclic) bond motifs is 1. The first-order chi connectivity index (χ1) is 6.88. The van der Waals surface area contributed by atoms with Crippen LogP contribution in [0.1, 0.15) is 26.5 Å². The van der Waals surface area contributed by atoms with Crippen molar-refractivity contribution in [3.8, 4) is 0 Å². The molecule has 0 aliphatic rings. The van der Waals surface area contributed by atoms with Gasteiger partial charge in [-0.25, -0.2) is 0 Å². The van der Waals surface area contributed by atoms with Crippen LogP contribution in [0.2, 0.25) is 0 Å². The van der Waals surface area contributed by atoms with Gasteiger partial charge in [0.2, 0.25) is 0 Å². The minimum absolute atomic E-state index is 0.0294. The molecule has 0 radical (unpaired) electrons. The van der Waals surface area contributed by atoms with Gasteiger partial charge in [0.15, 0.2) is 11.1 Å². The summed E-state index contributed by atoms with van der Waals surface area (Å²) in [5.41, 5.74) is 1.54. The van der Waals surface area contributed by atoms with E-state index in [4.69, 9.17) is 0 Å². The Balaban J connectivity index is 2.78. The normalized spacial score (nSPS) is 12.3. The second-order valence-electron chi connectivity index (χ2n) is 4.86. The van der Waals surface area contributed by atoms with E-state index in [2.05, 4.69) is 30.9 Å². The van der Waals surface area contributed by atoms with Crippen molar-refractivity contribution in [3.05, 3.63) is 28.2 Å². The molecule has 0 saturated heterocycles. The van der Waals surface area contributed by atoms with E-state index in [1.54, 1.807) is 16.9 Å². The number of nitrogens with one attached hydrogen (secondary N) is 1. The van der Waals surface area contributed by atoms with E-state index in [1.807, 2.05) is 7.05 Å². The topological polar surface area (TPSA) is 50.7 Å². The van der Waals surface area contributed by atoms with E-state index in [0.29, 0.717) is 11.0 Å². The van der Waals surface area contributed by atoms with E-state index in [0.717, 1.165) is 5.69 Å². The first-order valence-corrected chi connectivity index (χ1v) is 4.95. The van der Waals surface area contributed by atoms with Crippen molar-refractivity contribution >= 4 is 11.0 Å². The second kappa shape index (κ2) is 2.95. The molecule has 1 N–H and O–H groups in total. The van der Waals surface area contributed by atoms with Crippen LogP contribution in [0.25, 0.3) is 11.0 Å². The van der Waals surface area contributed by atoms with Gasteiger partial charge in [0, 0.05) is 30.4 Å². The van der Waals surface area contributed by atoms with E-state index in [9.17, 15) is 4.79 Å². The molecule has 2 rings (SSSR count). The maximum Gasteiger partial charge on any atom is 0.192 e.